The van der Waals surface area contributed by atoms with Gasteiger partial charge in [0.1, 0.15) is 11.5 Å². The molecule has 4 rings (SSSR count). The van der Waals surface area contributed by atoms with Crippen LogP contribution < -0.4 is 10.6 Å². The number of nitrogens with zero attached hydrogens (tertiary/aromatic N) is 5. The molecule has 4 aromatic rings. The molecule has 0 aliphatic heterocycles. The third-order valence-electron chi connectivity index (χ3n) is 7.26. The van der Waals surface area contributed by atoms with Crippen molar-refractivity contribution in [2.75, 3.05) is 16.4 Å². The molecule has 2 aromatic carbocycles. The molecule has 2 heterocycles. The summed E-state index contributed by atoms with van der Waals surface area (Å²) in [6.07, 6.45) is 4.97. The van der Waals surface area contributed by atoms with E-state index in [1.165, 1.54) is 37.0 Å². The van der Waals surface area contributed by atoms with Gasteiger partial charge in [-0.2, -0.15) is 0 Å². The third kappa shape index (κ3) is 8.14. The molecular formula is C32H41N7S2. The molecule has 0 fully saturated rings. The summed E-state index contributed by atoms with van der Waals surface area (Å²) in [6.45, 7) is 14.9. The second-order valence-corrected chi connectivity index (χ2v) is 12.8. The molecule has 0 bridgehead atoms. The van der Waals surface area contributed by atoms with Crippen molar-refractivity contribution in [1.82, 2.24) is 15.2 Å². The fourth-order valence-electron chi connectivity index (χ4n) is 4.69. The number of unbranched alkanes of at least 4 members (excludes halogenated alkanes) is 1. The molecule has 216 valence electrons. The van der Waals surface area contributed by atoms with Crippen molar-refractivity contribution in [1.29, 1.82) is 0 Å². The Kier molecular flexibility index (Phi) is 10.9. The lowest BCUT2D eigenvalue weighted by atomic mass is 10.0. The highest BCUT2D eigenvalue weighted by Crippen LogP contribution is 2.37. The first-order valence-corrected chi connectivity index (χ1v) is 16.1. The first kappa shape index (κ1) is 30.7. The molecule has 0 aliphatic rings. The number of azo groups is 1. The van der Waals surface area contributed by atoms with Crippen LogP contribution in [0.3, 0.4) is 0 Å². The normalized spacial score (nSPS) is 12.2. The maximum atomic E-state index is 4.98. The van der Waals surface area contributed by atoms with Gasteiger partial charge in [-0.05, 0) is 80.8 Å². The Bertz CT molecular complexity index is 1460. The van der Waals surface area contributed by atoms with E-state index in [-0.39, 0.29) is 0 Å². The zero-order valence-corrected chi connectivity index (χ0v) is 26.8. The highest BCUT2D eigenvalue weighted by Gasteiger charge is 2.15. The summed E-state index contributed by atoms with van der Waals surface area (Å²) in [4.78, 5) is 4.98. The van der Waals surface area contributed by atoms with Gasteiger partial charge in [-0.15, -0.1) is 20.4 Å². The monoisotopic (exact) mass is 587 g/mol. The minimum absolute atomic E-state index is 0.546. The van der Waals surface area contributed by atoms with E-state index in [2.05, 4.69) is 109 Å². The van der Waals surface area contributed by atoms with Crippen LogP contribution in [0.2, 0.25) is 0 Å². The Balaban J connectivity index is 1.62. The highest BCUT2D eigenvalue weighted by molar-refractivity contribution is 8.01. The summed E-state index contributed by atoms with van der Waals surface area (Å²) >= 11 is 3.26. The number of benzene rings is 2. The Morgan fingerprint density at radius 2 is 1.46 bits per heavy atom. The van der Waals surface area contributed by atoms with Crippen molar-refractivity contribution in [3.8, 4) is 0 Å². The number of rotatable bonds is 13. The summed E-state index contributed by atoms with van der Waals surface area (Å²) in [5.74, 6) is 3.15. The van der Waals surface area contributed by atoms with Crippen LogP contribution in [0.1, 0.15) is 67.3 Å². The predicted molar refractivity (Wildman–Crippen MR) is 175 cm³/mol. The van der Waals surface area contributed by atoms with Gasteiger partial charge in [-0.1, -0.05) is 92.6 Å². The smallest absolute Gasteiger partial charge is 0.252 e. The van der Waals surface area contributed by atoms with Crippen LogP contribution in [-0.2, 0) is 0 Å². The van der Waals surface area contributed by atoms with Crippen LogP contribution in [0.5, 0.6) is 0 Å². The van der Waals surface area contributed by atoms with Gasteiger partial charge in [0.25, 0.3) is 5.13 Å². The molecular weight excluding hydrogens is 547 g/mol. The molecule has 0 saturated carbocycles. The van der Waals surface area contributed by atoms with E-state index in [0.717, 1.165) is 55.1 Å². The number of nitrogens with one attached hydrogen (secondary N) is 2. The molecule has 2 N–H and O–H groups in total. The largest absolute Gasteiger partial charge is 0.340 e. The Labute approximate surface area is 252 Å². The first-order chi connectivity index (χ1) is 19.8. The number of hydrogen-bond acceptors (Lipinski definition) is 9. The van der Waals surface area contributed by atoms with Crippen molar-refractivity contribution in [3.05, 3.63) is 70.3 Å². The van der Waals surface area contributed by atoms with Crippen molar-refractivity contribution in [3.63, 3.8) is 0 Å². The SMILES string of the molecule is CCCCC(CC)CSc1nnc(N=Nc2c(C)cc(Nc3c(C)cccc3C)nc2Nc2c(C)cccc2C)s1. The van der Waals surface area contributed by atoms with E-state index in [0.29, 0.717) is 22.6 Å². The molecule has 0 aliphatic carbocycles. The number of pyridine rings is 1. The second-order valence-electron chi connectivity index (χ2n) is 10.6. The molecule has 0 amide bonds. The molecule has 9 heteroatoms. The van der Waals surface area contributed by atoms with Gasteiger partial charge < -0.3 is 10.6 Å². The number of anilines is 4. The quantitative estimate of drug-likeness (QED) is 0.119. The zero-order chi connectivity index (χ0) is 29.4. The van der Waals surface area contributed by atoms with Crippen molar-refractivity contribution >= 4 is 56.9 Å². The van der Waals surface area contributed by atoms with Gasteiger partial charge in [0.05, 0.1) is 0 Å². The van der Waals surface area contributed by atoms with Crippen LogP contribution in [0.25, 0.3) is 0 Å². The highest BCUT2D eigenvalue weighted by atomic mass is 32.2. The molecule has 0 radical (unpaired) electrons. The lowest BCUT2D eigenvalue weighted by molar-refractivity contribution is 0.499. The summed E-state index contributed by atoms with van der Waals surface area (Å²) in [5.41, 5.74) is 8.30. The number of aryl methyl sites for hydroxylation is 5. The minimum Gasteiger partial charge on any atom is -0.340 e. The molecule has 0 saturated heterocycles. The van der Waals surface area contributed by atoms with Gasteiger partial charge in [0.15, 0.2) is 10.2 Å². The van der Waals surface area contributed by atoms with Crippen LogP contribution in [-0.4, -0.2) is 20.9 Å². The van der Waals surface area contributed by atoms with E-state index in [1.54, 1.807) is 11.8 Å². The van der Waals surface area contributed by atoms with Crippen LogP contribution in [0.15, 0.2) is 57.0 Å². The Morgan fingerprint density at radius 1 is 0.829 bits per heavy atom. The molecule has 41 heavy (non-hydrogen) atoms. The molecule has 1 unspecified atom stereocenters. The maximum absolute atomic E-state index is 4.98. The Hall–Kier alpha value is -3.30. The molecule has 0 spiro atoms. The van der Waals surface area contributed by atoms with Crippen LogP contribution in [0, 0.1) is 40.5 Å². The van der Waals surface area contributed by atoms with Crippen LogP contribution >= 0.6 is 23.1 Å². The van der Waals surface area contributed by atoms with E-state index in [9.17, 15) is 0 Å². The fourth-order valence-corrected chi connectivity index (χ4v) is 6.64. The average Bonchev–Trinajstić information content (AvgIpc) is 3.40. The number of hydrogen-bond donors (Lipinski definition) is 2. The van der Waals surface area contributed by atoms with Gasteiger partial charge in [-0.25, -0.2) is 4.98 Å². The summed E-state index contributed by atoms with van der Waals surface area (Å²) in [5, 5.41) is 25.5. The van der Waals surface area contributed by atoms with E-state index >= 15 is 0 Å². The topological polar surface area (TPSA) is 87.5 Å². The second kappa shape index (κ2) is 14.5. The number of para-hydroxylation sites is 2. The van der Waals surface area contributed by atoms with Crippen molar-refractivity contribution < 1.29 is 0 Å². The maximum Gasteiger partial charge on any atom is 0.252 e. The van der Waals surface area contributed by atoms with E-state index in [1.807, 2.05) is 13.0 Å². The van der Waals surface area contributed by atoms with Gasteiger partial charge in [-0.3, -0.25) is 0 Å². The van der Waals surface area contributed by atoms with Gasteiger partial charge in [0, 0.05) is 17.1 Å². The lowest BCUT2D eigenvalue weighted by Crippen LogP contribution is -2.03. The summed E-state index contributed by atoms with van der Waals surface area (Å²) in [7, 11) is 0. The molecule has 7 nitrogen and oxygen atoms in total. The predicted octanol–water partition coefficient (Wildman–Crippen LogP) is 10.7. The molecule has 1 atom stereocenters. The third-order valence-corrected chi connectivity index (χ3v) is 9.43. The standard InChI is InChI=1S/C32H41N7S2/c1-8-10-17-25(9-2)19-40-32-39-38-31(41-32)37-36-29-24(7)18-26(33-27-20(3)13-11-14-21(27)4)34-30(29)35-28-22(5)15-12-16-23(28)6/h11-16,18,25H,8-10,17,19H2,1-7H3,(H2,33,34,35). The summed E-state index contributed by atoms with van der Waals surface area (Å²) in [6, 6.07) is 14.5. The summed E-state index contributed by atoms with van der Waals surface area (Å²) < 4.78 is 0.936. The Morgan fingerprint density at radius 3 is 2.07 bits per heavy atom. The lowest BCUT2D eigenvalue weighted by Gasteiger charge is -2.17. The van der Waals surface area contributed by atoms with Crippen molar-refractivity contribution in [2.24, 2.45) is 16.1 Å². The van der Waals surface area contributed by atoms with Crippen molar-refractivity contribution in [2.45, 2.75) is 78.5 Å². The minimum atomic E-state index is 0.546. The molecule has 2 aromatic heterocycles. The first-order valence-electron chi connectivity index (χ1n) is 14.3. The van der Waals surface area contributed by atoms with E-state index < -0.39 is 0 Å². The average molecular weight is 588 g/mol. The van der Waals surface area contributed by atoms with E-state index in [4.69, 9.17) is 4.98 Å². The van der Waals surface area contributed by atoms with Gasteiger partial charge >= 0.3 is 0 Å². The fraction of sp³-hybridized carbons (Fsp3) is 0.406. The van der Waals surface area contributed by atoms with Crippen LogP contribution in [0.4, 0.5) is 33.8 Å². The zero-order valence-electron chi connectivity index (χ0n) is 25.2. The number of aromatic nitrogens is 3. The number of thioether (sulfide) groups is 1. The van der Waals surface area contributed by atoms with Gasteiger partial charge in [0.2, 0.25) is 0 Å².